The summed E-state index contributed by atoms with van der Waals surface area (Å²) >= 11 is 0. The number of nitrogens with zero attached hydrogens (tertiary/aromatic N) is 2. The van der Waals surface area contributed by atoms with Crippen molar-refractivity contribution in [2.75, 3.05) is 11.9 Å². The molecule has 18 heavy (non-hydrogen) atoms. The zero-order valence-corrected chi connectivity index (χ0v) is 11.6. The second-order valence-electron chi connectivity index (χ2n) is 5.28. The fourth-order valence-corrected chi connectivity index (χ4v) is 2.43. The van der Waals surface area contributed by atoms with Gasteiger partial charge in [0.05, 0.1) is 6.04 Å². The van der Waals surface area contributed by atoms with E-state index in [1.165, 1.54) is 19.3 Å². The van der Waals surface area contributed by atoms with Crippen LogP contribution in [0.3, 0.4) is 0 Å². The van der Waals surface area contributed by atoms with Crippen LogP contribution in [0.5, 0.6) is 0 Å². The van der Waals surface area contributed by atoms with Gasteiger partial charge in [0.1, 0.15) is 0 Å². The molecule has 1 heterocycles. The lowest BCUT2D eigenvalue weighted by Crippen LogP contribution is -2.22. The summed E-state index contributed by atoms with van der Waals surface area (Å²) in [5, 5.41) is 14.9. The molecule has 1 aromatic rings. The van der Waals surface area contributed by atoms with Gasteiger partial charge in [-0.2, -0.15) is 0 Å². The van der Waals surface area contributed by atoms with Gasteiger partial charge in [0.15, 0.2) is 0 Å². The quantitative estimate of drug-likeness (QED) is 0.815. The largest absolute Gasteiger partial charge is 0.406 e. The normalized spacial score (nSPS) is 25.3. The van der Waals surface area contributed by atoms with Crippen molar-refractivity contribution in [3.63, 3.8) is 0 Å². The van der Waals surface area contributed by atoms with E-state index in [1.807, 2.05) is 6.92 Å². The van der Waals surface area contributed by atoms with Gasteiger partial charge in [-0.25, -0.2) is 0 Å². The van der Waals surface area contributed by atoms with Gasteiger partial charge < -0.3 is 15.1 Å². The maximum atomic E-state index is 5.66. The first-order valence-electron chi connectivity index (χ1n) is 7.04. The van der Waals surface area contributed by atoms with Crippen LogP contribution in [0, 0.1) is 5.92 Å². The smallest absolute Gasteiger partial charge is 0.315 e. The Morgan fingerprint density at radius 3 is 2.89 bits per heavy atom. The van der Waals surface area contributed by atoms with E-state index in [-0.39, 0.29) is 6.04 Å². The zero-order chi connectivity index (χ0) is 13.0. The van der Waals surface area contributed by atoms with Crippen LogP contribution < -0.4 is 10.6 Å². The summed E-state index contributed by atoms with van der Waals surface area (Å²) in [4.78, 5) is 0. The molecular weight excluding hydrogens is 228 g/mol. The predicted molar refractivity (Wildman–Crippen MR) is 71.4 cm³/mol. The van der Waals surface area contributed by atoms with E-state index in [9.17, 15) is 0 Å². The molecule has 3 unspecified atom stereocenters. The van der Waals surface area contributed by atoms with E-state index in [4.69, 9.17) is 4.42 Å². The van der Waals surface area contributed by atoms with Crippen molar-refractivity contribution in [1.29, 1.82) is 0 Å². The van der Waals surface area contributed by atoms with Crippen LogP contribution in [0.1, 0.15) is 58.4 Å². The predicted octanol–water partition coefficient (Wildman–Crippen LogP) is 2.73. The van der Waals surface area contributed by atoms with Crippen molar-refractivity contribution in [2.24, 2.45) is 5.92 Å². The highest BCUT2D eigenvalue weighted by Gasteiger charge is 2.25. The van der Waals surface area contributed by atoms with Gasteiger partial charge in [0.25, 0.3) is 0 Å². The second kappa shape index (κ2) is 6.18. The summed E-state index contributed by atoms with van der Waals surface area (Å²) in [5.74, 6) is 1.35. The Bertz CT molecular complexity index is 366. The van der Waals surface area contributed by atoms with Gasteiger partial charge in [-0.05, 0) is 38.6 Å². The number of hydrogen-bond acceptors (Lipinski definition) is 5. The van der Waals surface area contributed by atoms with Crippen LogP contribution in [-0.4, -0.2) is 22.8 Å². The third-order valence-electron chi connectivity index (χ3n) is 3.68. The first kappa shape index (κ1) is 13.3. The van der Waals surface area contributed by atoms with Gasteiger partial charge >= 0.3 is 6.01 Å². The molecule has 0 amide bonds. The topological polar surface area (TPSA) is 63.0 Å². The lowest BCUT2D eigenvalue weighted by Gasteiger charge is -2.15. The van der Waals surface area contributed by atoms with Crippen LogP contribution in [0.15, 0.2) is 4.42 Å². The number of rotatable bonds is 6. The Labute approximate surface area is 109 Å². The van der Waals surface area contributed by atoms with Crippen molar-refractivity contribution in [2.45, 2.75) is 58.5 Å². The second-order valence-corrected chi connectivity index (χ2v) is 5.28. The average Bonchev–Trinajstić information content (AvgIpc) is 2.97. The van der Waals surface area contributed by atoms with E-state index < -0.39 is 0 Å². The SMILES string of the molecule is CCCNC(C)c1nnc(NC2CCCC2C)o1. The third kappa shape index (κ3) is 3.22. The highest BCUT2D eigenvalue weighted by molar-refractivity contribution is 5.21. The fourth-order valence-electron chi connectivity index (χ4n) is 2.43. The molecule has 1 saturated carbocycles. The Morgan fingerprint density at radius 1 is 1.39 bits per heavy atom. The first-order valence-corrected chi connectivity index (χ1v) is 7.04. The molecule has 1 aliphatic carbocycles. The number of aromatic nitrogens is 2. The lowest BCUT2D eigenvalue weighted by molar-refractivity contribution is 0.417. The molecule has 5 nitrogen and oxygen atoms in total. The minimum Gasteiger partial charge on any atom is -0.406 e. The van der Waals surface area contributed by atoms with Crippen LogP contribution in [0.4, 0.5) is 6.01 Å². The maximum Gasteiger partial charge on any atom is 0.315 e. The van der Waals surface area contributed by atoms with Gasteiger partial charge in [-0.1, -0.05) is 25.4 Å². The molecule has 2 rings (SSSR count). The van der Waals surface area contributed by atoms with Crippen LogP contribution in [0.2, 0.25) is 0 Å². The van der Waals surface area contributed by atoms with Crippen molar-refractivity contribution in [1.82, 2.24) is 15.5 Å². The molecule has 1 aromatic heterocycles. The summed E-state index contributed by atoms with van der Waals surface area (Å²) in [6.07, 6.45) is 4.87. The van der Waals surface area contributed by atoms with Gasteiger partial charge in [0, 0.05) is 6.04 Å². The van der Waals surface area contributed by atoms with Crippen LogP contribution in [-0.2, 0) is 0 Å². The molecule has 0 aromatic carbocycles. The Kier molecular flexibility index (Phi) is 4.58. The summed E-state index contributed by atoms with van der Waals surface area (Å²) < 4.78 is 5.66. The van der Waals surface area contributed by atoms with Crippen LogP contribution in [0.25, 0.3) is 0 Å². The minimum absolute atomic E-state index is 0.119. The van der Waals surface area contributed by atoms with E-state index in [2.05, 4.69) is 34.7 Å². The molecule has 1 aliphatic rings. The molecular formula is C13H24N4O. The highest BCUT2D eigenvalue weighted by atomic mass is 16.4. The molecule has 102 valence electrons. The number of hydrogen-bond donors (Lipinski definition) is 2. The molecule has 3 atom stereocenters. The molecule has 0 aliphatic heterocycles. The highest BCUT2D eigenvalue weighted by Crippen LogP contribution is 2.27. The summed E-state index contributed by atoms with van der Waals surface area (Å²) in [6.45, 7) is 7.42. The average molecular weight is 252 g/mol. The third-order valence-corrected chi connectivity index (χ3v) is 3.68. The molecule has 0 bridgehead atoms. The molecule has 0 spiro atoms. The summed E-state index contributed by atoms with van der Waals surface area (Å²) in [7, 11) is 0. The Balaban J connectivity index is 1.89. The summed E-state index contributed by atoms with van der Waals surface area (Å²) in [5.41, 5.74) is 0. The standard InChI is InChI=1S/C13H24N4O/c1-4-8-14-10(3)12-16-17-13(18-12)15-11-7-5-6-9(11)2/h9-11,14H,4-8H2,1-3H3,(H,15,17). The monoisotopic (exact) mass is 252 g/mol. The summed E-state index contributed by atoms with van der Waals surface area (Å²) in [6, 6.07) is 1.17. The van der Waals surface area contributed by atoms with Gasteiger partial charge in [-0.3, -0.25) is 0 Å². The van der Waals surface area contributed by atoms with Crippen molar-refractivity contribution >= 4 is 6.01 Å². The van der Waals surface area contributed by atoms with E-state index in [1.54, 1.807) is 0 Å². The van der Waals surface area contributed by atoms with Crippen molar-refractivity contribution < 1.29 is 4.42 Å². The van der Waals surface area contributed by atoms with Gasteiger partial charge in [0.2, 0.25) is 5.89 Å². The number of anilines is 1. The maximum absolute atomic E-state index is 5.66. The molecule has 0 saturated heterocycles. The molecule has 2 N–H and O–H groups in total. The van der Waals surface area contributed by atoms with E-state index >= 15 is 0 Å². The fraction of sp³-hybridized carbons (Fsp3) is 0.846. The van der Waals surface area contributed by atoms with Crippen molar-refractivity contribution in [3.05, 3.63) is 5.89 Å². The van der Waals surface area contributed by atoms with E-state index in [0.717, 1.165) is 13.0 Å². The molecule has 0 radical (unpaired) electrons. The first-order chi connectivity index (χ1) is 8.70. The Morgan fingerprint density at radius 2 is 2.22 bits per heavy atom. The van der Waals surface area contributed by atoms with E-state index in [0.29, 0.717) is 23.9 Å². The van der Waals surface area contributed by atoms with Gasteiger partial charge in [-0.15, -0.1) is 5.10 Å². The number of nitrogens with one attached hydrogen (secondary N) is 2. The van der Waals surface area contributed by atoms with Crippen molar-refractivity contribution in [3.8, 4) is 0 Å². The molecule has 5 heteroatoms. The minimum atomic E-state index is 0.119. The molecule has 1 fully saturated rings. The van der Waals surface area contributed by atoms with Crippen LogP contribution >= 0.6 is 0 Å². The Hall–Kier alpha value is -1.10. The lowest BCUT2D eigenvalue weighted by atomic mass is 10.1. The zero-order valence-electron chi connectivity index (χ0n) is 11.6.